The predicted molar refractivity (Wildman–Crippen MR) is 69.8 cm³/mol. The van der Waals surface area contributed by atoms with Gasteiger partial charge in [0.1, 0.15) is 0 Å². The van der Waals surface area contributed by atoms with E-state index in [1.807, 2.05) is 0 Å². The van der Waals surface area contributed by atoms with Crippen molar-refractivity contribution in [1.82, 2.24) is 0 Å². The van der Waals surface area contributed by atoms with Gasteiger partial charge in [-0.3, -0.25) is 0 Å². The first-order valence-electron chi connectivity index (χ1n) is 2.56. The molecule has 0 aliphatic carbocycles. The maximum absolute atomic E-state index is 3.73. The predicted octanol–water partition coefficient (Wildman–Crippen LogP) is 6.07. The monoisotopic (exact) mass is 270 g/mol. The van der Waals surface area contributed by atoms with Crippen molar-refractivity contribution in [3.05, 3.63) is 6.92 Å². The summed E-state index contributed by atoms with van der Waals surface area (Å²) < 4.78 is 0. The van der Waals surface area contributed by atoms with Crippen LogP contribution in [0, 0.1) is 12.8 Å². The average Bonchev–Trinajstić information content (AvgIpc) is 1.35. The molecule has 0 nitrogen and oxygen atoms in total. The molecule has 0 rings (SSSR count). The van der Waals surface area contributed by atoms with E-state index >= 15 is 0 Å². The SMILES string of the molecule is C.C.C.C.C.C.[CH2-]CCC(C)C.[Y]. The minimum atomic E-state index is 0. The first-order valence-corrected chi connectivity index (χ1v) is 2.56. The van der Waals surface area contributed by atoms with Crippen LogP contribution in [-0.4, -0.2) is 0 Å². The second kappa shape index (κ2) is 51.5. The normalized spacial score (nSPS) is 4.62. The summed E-state index contributed by atoms with van der Waals surface area (Å²) in [7, 11) is 0. The van der Waals surface area contributed by atoms with Gasteiger partial charge in [-0.15, -0.1) is 0 Å². The number of rotatable bonds is 2. The van der Waals surface area contributed by atoms with Gasteiger partial charge in [-0.25, -0.2) is 0 Å². The van der Waals surface area contributed by atoms with Gasteiger partial charge >= 0.3 is 0 Å². The summed E-state index contributed by atoms with van der Waals surface area (Å²) >= 11 is 0. The molecule has 0 saturated carbocycles. The summed E-state index contributed by atoms with van der Waals surface area (Å²) in [5, 5.41) is 0. The van der Waals surface area contributed by atoms with Crippen LogP contribution in [0.1, 0.15) is 71.2 Å². The van der Waals surface area contributed by atoms with E-state index in [9.17, 15) is 0 Å². The van der Waals surface area contributed by atoms with Crippen LogP contribution in [0.15, 0.2) is 0 Å². The Bertz CT molecular complexity index is 26.3. The minimum Gasteiger partial charge on any atom is -0.343 e. The molecule has 0 fully saturated rings. The Balaban J connectivity index is -0.00000000595. The van der Waals surface area contributed by atoms with Crippen LogP contribution in [0.4, 0.5) is 0 Å². The molecule has 0 aliphatic rings. The molecular weight excluding hydrogens is 233 g/mol. The molecule has 0 aromatic heterocycles. The third-order valence-electron chi connectivity index (χ3n) is 0.781. The van der Waals surface area contributed by atoms with Gasteiger partial charge in [-0.2, -0.15) is 6.42 Å². The van der Waals surface area contributed by atoms with E-state index in [4.69, 9.17) is 0 Å². The van der Waals surface area contributed by atoms with E-state index in [1.165, 1.54) is 6.42 Å². The summed E-state index contributed by atoms with van der Waals surface area (Å²) in [5.74, 6) is 0.836. The van der Waals surface area contributed by atoms with Crippen molar-refractivity contribution in [3.8, 4) is 0 Å². The van der Waals surface area contributed by atoms with E-state index < -0.39 is 0 Å². The molecule has 0 spiro atoms. The molecule has 0 aromatic rings. The number of hydrogen-bond acceptors (Lipinski definition) is 0. The van der Waals surface area contributed by atoms with Crippen LogP contribution in [0.5, 0.6) is 0 Å². The molecule has 1 radical (unpaired) electrons. The second-order valence-corrected chi connectivity index (χ2v) is 2.04. The van der Waals surface area contributed by atoms with Crippen molar-refractivity contribution in [2.45, 2.75) is 71.2 Å². The summed E-state index contributed by atoms with van der Waals surface area (Å²) in [6, 6.07) is 0. The molecule has 0 heterocycles. The fourth-order valence-corrected chi connectivity index (χ4v) is 0.408. The Morgan fingerprint density at radius 2 is 1.08 bits per heavy atom. The molecule has 0 bridgehead atoms. The third-order valence-corrected chi connectivity index (χ3v) is 0.781. The molecule has 13 heavy (non-hydrogen) atoms. The minimum absolute atomic E-state index is 0. The zero-order valence-corrected chi connectivity index (χ0v) is 8.11. The third kappa shape index (κ3) is 95.9. The maximum Gasteiger partial charge on any atom is 0 e. The molecule has 0 aromatic carbocycles. The van der Waals surface area contributed by atoms with Gasteiger partial charge in [0.05, 0.1) is 0 Å². The van der Waals surface area contributed by atoms with Gasteiger partial charge in [0.25, 0.3) is 0 Å². The van der Waals surface area contributed by atoms with Crippen molar-refractivity contribution >= 4 is 0 Å². The Kier molecular flexibility index (Phi) is 258. The maximum atomic E-state index is 3.73. The van der Waals surface area contributed by atoms with Gasteiger partial charge < -0.3 is 6.92 Å². The van der Waals surface area contributed by atoms with Gasteiger partial charge in [0.15, 0.2) is 0 Å². The Hall–Kier alpha value is 1.10. The summed E-state index contributed by atoms with van der Waals surface area (Å²) in [5.41, 5.74) is 0. The quantitative estimate of drug-likeness (QED) is 0.534. The van der Waals surface area contributed by atoms with Gasteiger partial charge in [0.2, 0.25) is 0 Å². The van der Waals surface area contributed by atoms with Gasteiger partial charge in [-0.05, 0) is 5.92 Å². The first kappa shape index (κ1) is 65.0. The molecule has 0 atom stereocenters. The Morgan fingerprint density at radius 1 is 0.846 bits per heavy atom. The van der Waals surface area contributed by atoms with Crippen LogP contribution in [0.25, 0.3) is 0 Å². The molecule has 1 heteroatoms. The van der Waals surface area contributed by atoms with Crippen molar-refractivity contribution in [1.29, 1.82) is 0 Å². The fourth-order valence-electron chi connectivity index (χ4n) is 0.408. The van der Waals surface area contributed by atoms with Crippen LogP contribution >= 0.6 is 0 Å². The Morgan fingerprint density at radius 3 is 1.08 bits per heavy atom. The van der Waals surface area contributed by atoms with Gasteiger partial charge in [0, 0.05) is 32.7 Å². The number of hydrogen-bond donors (Lipinski definition) is 0. The fraction of sp³-hybridized carbons (Fsp3) is 0.917. The molecule has 0 aliphatic heterocycles. The Labute approximate surface area is 116 Å². The zero-order valence-electron chi connectivity index (χ0n) is 5.28. The molecule has 0 unspecified atom stereocenters. The van der Waals surface area contributed by atoms with Crippen LogP contribution < -0.4 is 0 Å². The first-order chi connectivity index (χ1) is 2.77. The van der Waals surface area contributed by atoms with E-state index in [0.29, 0.717) is 0 Å². The molecule has 0 saturated heterocycles. The summed E-state index contributed by atoms with van der Waals surface area (Å²) in [4.78, 5) is 0. The summed E-state index contributed by atoms with van der Waals surface area (Å²) in [6.45, 7) is 8.15. The van der Waals surface area contributed by atoms with Crippen LogP contribution in [0.3, 0.4) is 0 Å². The molecular formula is C12H37Y-. The van der Waals surface area contributed by atoms with E-state index in [2.05, 4.69) is 20.8 Å². The van der Waals surface area contributed by atoms with Crippen molar-refractivity contribution in [2.75, 3.05) is 0 Å². The largest absolute Gasteiger partial charge is 0.343 e. The van der Waals surface area contributed by atoms with Crippen molar-refractivity contribution < 1.29 is 32.7 Å². The second-order valence-electron chi connectivity index (χ2n) is 2.04. The molecule has 0 amide bonds. The standard InChI is InChI=1S/C6H13.6CH4.Y/c1-4-5-6(2)3;;;;;;;/h6H,1,4-5H2,2-3H3;6*1H4;/q-1;;;;;;;. The zero-order chi connectivity index (χ0) is 4.99. The van der Waals surface area contributed by atoms with Crippen molar-refractivity contribution in [2.24, 2.45) is 5.92 Å². The molecule has 89 valence electrons. The smallest absolute Gasteiger partial charge is 0 e. The summed E-state index contributed by atoms with van der Waals surface area (Å²) in [6.07, 6.45) is 2.34. The molecule has 0 N–H and O–H groups in total. The van der Waals surface area contributed by atoms with E-state index in [0.717, 1.165) is 12.3 Å². The average molecular weight is 270 g/mol. The van der Waals surface area contributed by atoms with E-state index in [1.54, 1.807) is 0 Å². The van der Waals surface area contributed by atoms with E-state index in [-0.39, 0.29) is 77.3 Å². The van der Waals surface area contributed by atoms with Crippen LogP contribution in [0.2, 0.25) is 0 Å². The van der Waals surface area contributed by atoms with Crippen molar-refractivity contribution in [3.63, 3.8) is 0 Å². The van der Waals surface area contributed by atoms with Gasteiger partial charge in [-0.1, -0.05) is 64.8 Å². The van der Waals surface area contributed by atoms with Crippen LogP contribution in [-0.2, 0) is 32.7 Å². The topological polar surface area (TPSA) is 0 Å².